The highest BCUT2D eigenvalue weighted by Crippen LogP contribution is 2.32. The van der Waals surface area contributed by atoms with Gasteiger partial charge in [-0.15, -0.1) is 0 Å². The summed E-state index contributed by atoms with van der Waals surface area (Å²) >= 11 is 5.99. The third-order valence-electron chi connectivity index (χ3n) is 4.72. The molecule has 4 rings (SSSR count). The normalized spacial score (nSPS) is 18.2. The number of amides is 1. The van der Waals surface area contributed by atoms with Crippen molar-refractivity contribution in [3.63, 3.8) is 0 Å². The second kappa shape index (κ2) is 7.00. The fourth-order valence-corrected chi connectivity index (χ4v) is 3.65. The summed E-state index contributed by atoms with van der Waals surface area (Å²) in [5, 5.41) is 0.587. The Balaban J connectivity index is 1.52. The Morgan fingerprint density at radius 2 is 2.15 bits per heavy atom. The second-order valence-corrected chi connectivity index (χ2v) is 6.98. The van der Waals surface area contributed by atoms with Gasteiger partial charge in [-0.2, -0.15) is 0 Å². The summed E-state index contributed by atoms with van der Waals surface area (Å²) < 4.78 is 5.81. The van der Waals surface area contributed by atoms with Gasteiger partial charge < -0.3 is 14.6 Å². The number of nitrogens with zero attached hydrogens (tertiary/aromatic N) is 2. The predicted octanol–water partition coefficient (Wildman–Crippen LogP) is 4.35. The molecule has 1 fully saturated rings. The number of halogens is 1. The highest BCUT2D eigenvalue weighted by atomic mass is 35.5. The number of ether oxygens (including phenoxy) is 1. The van der Waals surface area contributed by atoms with E-state index in [-0.39, 0.29) is 11.9 Å². The molecule has 2 unspecified atom stereocenters. The van der Waals surface area contributed by atoms with E-state index in [1.54, 1.807) is 25.1 Å². The van der Waals surface area contributed by atoms with E-state index in [1.807, 2.05) is 35.2 Å². The first kappa shape index (κ1) is 16.9. The van der Waals surface area contributed by atoms with Crippen LogP contribution in [0, 0.1) is 0 Å². The van der Waals surface area contributed by atoms with Gasteiger partial charge >= 0.3 is 0 Å². The van der Waals surface area contributed by atoms with E-state index >= 15 is 0 Å². The number of para-hydroxylation sites is 2. The lowest BCUT2D eigenvalue weighted by molar-refractivity contribution is -0.139. The number of likely N-dealkylation sites (tertiary alicyclic amines) is 1. The highest BCUT2D eigenvalue weighted by molar-refractivity contribution is 6.30. The minimum atomic E-state index is -0.585. The van der Waals surface area contributed by atoms with Crippen LogP contribution in [-0.4, -0.2) is 33.4 Å². The van der Waals surface area contributed by atoms with Crippen LogP contribution in [0.15, 0.2) is 48.5 Å². The van der Waals surface area contributed by atoms with Crippen LogP contribution in [-0.2, 0) is 4.79 Å². The number of fused-ring (bicyclic) bond motifs is 1. The van der Waals surface area contributed by atoms with Crippen molar-refractivity contribution in [2.24, 2.45) is 0 Å². The molecule has 2 aromatic carbocycles. The van der Waals surface area contributed by atoms with Gasteiger partial charge in [0.25, 0.3) is 5.91 Å². The molecule has 26 heavy (non-hydrogen) atoms. The zero-order valence-corrected chi connectivity index (χ0v) is 15.2. The lowest BCUT2D eigenvalue weighted by atomic mass is 10.2. The zero-order valence-electron chi connectivity index (χ0n) is 14.5. The van der Waals surface area contributed by atoms with Crippen molar-refractivity contribution in [1.82, 2.24) is 14.9 Å². The summed E-state index contributed by atoms with van der Waals surface area (Å²) in [6.45, 7) is 2.49. The van der Waals surface area contributed by atoms with Gasteiger partial charge in [0, 0.05) is 11.6 Å². The smallest absolute Gasteiger partial charge is 0.263 e. The van der Waals surface area contributed by atoms with Crippen LogP contribution >= 0.6 is 11.6 Å². The summed E-state index contributed by atoms with van der Waals surface area (Å²) in [6, 6.07) is 15.0. The van der Waals surface area contributed by atoms with Gasteiger partial charge in [0.15, 0.2) is 6.10 Å². The number of hydrogen-bond acceptors (Lipinski definition) is 3. The third kappa shape index (κ3) is 3.27. The lowest BCUT2D eigenvalue weighted by Gasteiger charge is -2.26. The van der Waals surface area contributed by atoms with Gasteiger partial charge in [-0.25, -0.2) is 4.98 Å². The average molecular weight is 370 g/mol. The molecule has 0 aliphatic carbocycles. The quantitative estimate of drug-likeness (QED) is 0.743. The lowest BCUT2D eigenvalue weighted by Crippen LogP contribution is -2.40. The van der Waals surface area contributed by atoms with Gasteiger partial charge in [0.05, 0.1) is 17.1 Å². The summed E-state index contributed by atoms with van der Waals surface area (Å²) in [5.41, 5.74) is 1.91. The zero-order chi connectivity index (χ0) is 18.1. The van der Waals surface area contributed by atoms with Gasteiger partial charge in [0.1, 0.15) is 11.6 Å². The summed E-state index contributed by atoms with van der Waals surface area (Å²) in [4.78, 5) is 22.9. The number of carbonyl (C=O) groups is 1. The summed E-state index contributed by atoms with van der Waals surface area (Å²) in [7, 11) is 0. The molecule has 134 valence electrons. The van der Waals surface area contributed by atoms with Crippen molar-refractivity contribution in [2.75, 3.05) is 6.54 Å². The molecular weight excluding hydrogens is 350 g/mol. The van der Waals surface area contributed by atoms with Crippen LogP contribution in [0.5, 0.6) is 5.75 Å². The maximum Gasteiger partial charge on any atom is 0.263 e. The Bertz CT molecular complexity index is 906. The molecule has 0 spiro atoms. The van der Waals surface area contributed by atoms with Crippen molar-refractivity contribution in [3.05, 3.63) is 59.4 Å². The number of aromatic nitrogens is 2. The topological polar surface area (TPSA) is 58.2 Å². The van der Waals surface area contributed by atoms with Crippen LogP contribution < -0.4 is 4.74 Å². The largest absolute Gasteiger partial charge is 0.481 e. The van der Waals surface area contributed by atoms with E-state index in [1.165, 1.54) is 0 Å². The summed E-state index contributed by atoms with van der Waals surface area (Å²) in [5.74, 6) is 1.40. The van der Waals surface area contributed by atoms with E-state index in [9.17, 15) is 4.79 Å². The van der Waals surface area contributed by atoms with E-state index < -0.39 is 6.10 Å². The van der Waals surface area contributed by atoms with Gasteiger partial charge in [-0.3, -0.25) is 4.79 Å². The number of nitrogens with one attached hydrogen (secondary N) is 1. The third-order valence-corrected chi connectivity index (χ3v) is 4.95. The van der Waals surface area contributed by atoms with Crippen LogP contribution in [0.2, 0.25) is 5.02 Å². The fourth-order valence-electron chi connectivity index (χ4n) is 3.47. The number of carbonyl (C=O) groups excluding carboxylic acids is 1. The monoisotopic (exact) mass is 369 g/mol. The number of aromatic amines is 1. The Labute approximate surface area is 156 Å². The fraction of sp³-hybridized carbons (Fsp3) is 0.300. The van der Waals surface area contributed by atoms with Crippen molar-refractivity contribution in [1.29, 1.82) is 0 Å². The van der Waals surface area contributed by atoms with Crippen molar-refractivity contribution < 1.29 is 9.53 Å². The number of H-pyrrole nitrogens is 1. The average Bonchev–Trinajstić information content (AvgIpc) is 3.27. The van der Waals surface area contributed by atoms with E-state index in [0.717, 1.165) is 29.7 Å². The van der Waals surface area contributed by atoms with Crippen molar-refractivity contribution in [2.45, 2.75) is 31.9 Å². The van der Waals surface area contributed by atoms with E-state index in [0.29, 0.717) is 17.3 Å². The molecule has 5 nitrogen and oxygen atoms in total. The molecule has 0 bridgehead atoms. The molecule has 0 radical (unpaired) electrons. The summed E-state index contributed by atoms with van der Waals surface area (Å²) in [6.07, 6.45) is 1.27. The van der Waals surface area contributed by atoms with Crippen molar-refractivity contribution in [3.8, 4) is 5.75 Å². The van der Waals surface area contributed by atoms with Crippen molar-refractivity contribution >= 4 is 28.5 Å². The molecule has 1 saturated heterocycles. The molecule has 1 amide bonds. The molecule has 1 aromatic heterocycles. The standard InChI is InChI=1S/C20H20ClN3O2/c1-13(26-15-7-4-6-14(21)12-15)20(25)24-11-5-10-18(24)19-22-16-8-2-3-9-17(16)23-19/h2-4,6-9,12-13,18H,5,10-11H2,1H3,(H,22,23). The SMILES string of the molecule is CC(Oc1cccc(Cl)c1)C(=O)N1CCCC1c1nc2ccccc2[nH]1. The minimum absolute atomic E-state index is 0.0343. The molecule has 1 N–H and O–H groups in total. The predicted molar refractivity (Wildman–Crippen MR) is 101 cm³/mol. The van der Waals surface area contributed by atoms with Crippen LogP contribution in [0.25, 0.3) is 11.0 Å². The first-order valence-electron chi connectivity index (χ1n) is 8.79. The Morgan fingerprint density at radius 3 is 2.96 bits per heavy atom. The van der Waals surface area contributed by atoms with Crippen LogP contribution in [0.4, 0.5) is 0 Å². The first-order valence-corrected chi connectivity index (χ1v) is 9.17. The highest BCUT2D eigenvalue weighted by Gasteiger charge is 2.35. The molecular formula is C20H20ClN3O2. The van der Waals surface area contributed by atoms with Gasteiger partial charge in [-0.05, 0) is 50.1 Å². The molecule has 1 aliphatic heterocycles. The maximum absolute atomic E-state index is 13.0. The Hall–Kier alpha value is -2.53. The number of benzene rings is 2. The molecule has 2 atom stereocenters. The number of rotatable bonds is 4. The molecule has 1 aliphatic rings. The molecule has 2 heterocycles. The maximum atomic E-state index is 13.0. The number of hydrogen-bond donors (Lipinski definition) is 1. The first-order chi connectivity index (χ1) is 12.6. The molecule has 6 heteroatoms. The molecule has 0 saturated carbocycles. The van der Waals surface area contributed by atoms with Crippen LogP contribution in [0.1, 0.15) is 31.6 Å². The van der Waals surface area contributed by atoms with Gasteiger partial charge in [-0.1, -0.05) is 29.8 Å². The van der Waals surface area contributed by atoms with Gasteiger partial charge in [0.2, 0.25) is 0 Å². The molecule has 3 aromatic rings. The Morgan fingerprint density at radius 1 is 1.31 bits per heavy atom. The Kier molecular flexibility index (Phi) is 4.55. The van der Waals surface area contributed by atoms with Crippen LogP contribution in [0.3, 0.4) is 0 Å². The second-order valence-electron chi connectivity index (χ2n) is 6.55. The minimum Gasteiger partial charge on any atom is -0.481 e. The van der Waals surface area contributed by atoms with E-state index in [2.05, 4.69) is 9.97 Å². The van der Waals surface area contributed by atoms with E-state index in [4.69, 9.17) is 16.3 Å². The number of imidazole rings is 1.